The third kappa shape index (κ3) is 4.83. The molecular weight excluding hydrogens is 392 g/mol. The molecule has 0 bridgehead atoms. The van der Waals surface area contributed by atoms with Crippen LogP contribution in [-0.4, -0.2) is 71.2 Å². The van der Waals surface area contributed by atoms with Gasteiger partial charge < -0.3 is 14.5 Å². The Labute approximate surface area is 181 Å². The van der Waals surface area contributed by atoms with E-state index < -0.39 is 0 Å². The molecule has 1 fully saturated rings. The highest BCUT2D eigenvalue weighted by atomic mass is 16.5. The Hall–Kier alpha value is -3.45. The summed E-state index contributed by atoms with van der Waals surface area (Å²) < 4.78 is 5.18. The molecular formula is C24H26N4O3. The van der Waals surface area contributed by atoms with Crippen LogP contribution in [0.15, 0.2) is 48.5 Å². The smallest absolute Gasteiger partial charge is 0.253 e. The number of amides is 2. The van der Waals surface area contributed by atoms with E-state index in [0.29, 0.717) is 38.3 Å². The first-order valence-electron chi connectivity index (χ1n) is 10.5. The number of carbonyl (C=O) groups is 2. The second kappa shape index (κ2) is 9.57. The van der Waals surface area contributed by atoms with Crippen molar-refractivity contribution in [1.82, 2.24) is 20.0 Å². The van der Waals surface area contributed by atoms with Crippen LogP contribution in [-0.2, 0) is 9.53 Å². The fraction of sp³-hybridized carbons (Fsp3) is 0.292. The number of H-pyrrole nitrogens is 1. The zero-order valence-electron chi connectivity index (χ0n) is 17.6. The summed E-state index contributed by atoms with van der Waals surface area (Å²) >= 11 is 0. The molecule has 4 rings (SSSR count). The number of benzene rings is 2. The maximum Gasteiger partial charge on any atom is 0.253 e. The Bertz CT molecular complexity index is 1080. The molecule has 1 aromatic heterocycles. The number of carbonyl (C=O) groups excluding carboxylic acids is 2. The maximum absolute atomic E-state index is 12.8. The van der Waals surface area contributed by atoms with E-state index in [1.807, 2.05) is 67.6 Å². The molecule has 7 nitrogen and oxygen atoms in total. The van der Waals surface area contributed by atoms with Crippen LogP contribution >= 0.6 is 0 Å². The van der Waals surface area contributed by atoms with Crippen LogP contribution in [0.25, 0.3) is 23.1 Å². The normalized spacial score (nSPS) is 14.5. The molecule has 0 radical (unpaired) electrons. The number of hydrogen-bond donors (Lipinski definition) is 1. The minimum Gasteiger partial charge on any atom is -0.372 e. The largest absolute Gasteiger partial charge is 0.372 e. The first-order chi connectivity index (χ1) is 15.2. The Balaban J connectivity index is 1.35. The van der Waals surface area contributed by atoms with Crippen molar-refractivity contribution in [3.63, 3.8) is 0 Å². The van der Waals surface area contributed by atoms with Gasteiger partial charge in [0, 0.05) is 43.7 Å². The summed E-state index contributed by atoms with van der Waals surface area (Å²) in [5.41, 5.74) is 3.53. The van der Waals surface area contributed by atoms with Crippen LogP contribution in [0.5, 0.6) is 0 Å². The van der Waals surface area contributed by atoms with Crippen molar-refractivity contribution in [3.8, 4) is 0 Å². The molecule has 0 spiro atoms. The van der Waals surface area contributed by atoms with E-state index in [9.17, 15) is 9.59 Å². The molecule has 3 aromatic rings. The van der Waals surface area contributed by atoms with Gasteiger partial charge in [0.1, 0.15) is 6.61 Å². The average Bonchev–Trinajstić information content (AvgIpc) is 3.24. The summed E-state index contributed by atoms with van der Waals surface area (Å²) in [7, 11) is 0. The first-order valence-corrected chi connectivity index (χ1v) is 10.5. The monoisotopic (exact) mass is 418 g/mol. The molecule has 1 N–H and O–H groups in total. The van der Waals surface area contributed by atoms with Gasteiger partial charge in [0.05, 0.1) is 11.2 Å². The lowest BCUT2D eigenvalue weighted by molar-refractivity contribution is -0.137. The second-order valence-electron chi connectivity index (χ2n) is 7.42. The molecule has 0 atom stereocenters. The van der Waals surface area contributed by atoms with Gasteiger partial charge in [0.2, 0.25) is 5.91 Å². The van der Waals surface area contributed by atoms with Crippen molar-refractivity contribution >= 4 is 34.9 Å². The average molecular weight is 418 g/mol. The number of fused-ring (bicyclic) bond motifs is 1. The van der Waals surface area contributed by atoms with Crippen LogP contribution in [0, 0.1) is 0 Å². The molecule has 0 saturated carbocycles. The lowest BCUT2D eigenvalue weighted by Crippen LogP contribution is -2.51. The van der Waals surface area contributed by atoms with Crippen LogP contribution in [0.3, 0.4) is 0 Å². The molecule has 7 heteroatoms. The van der Waals surface area contributed by atoms with Crippen molar-refractivity contribution in [2.75, 3.05) is 39.4 Å². The molecule has 0 aliphatic carbocycles. The summed E-state index contributed by atoms with van der Waals surface area (Å²) in [6.45, 7) is 4.63. The van der Waals surface area contributed by atoms with E-state index in [-0.39, 0.29) is 18.4 Å². The van der Waals surface area contributed by atoms with Crippen molar-refractivity contribution in [1.29, 1.82) is 0 Å². The number of nitrogens with zero attached hydrogens (tertiary/aromatic N) is 3. The standard InChI is InChI=1S/C24H26N4O3/c1-2-31-17-23(29)27-13-15-28(16-14-27)24(30)19-10-7-18(8-11-19)9-12-22-20-5-3-4-6-21(20)25-26-22/h3-12H,2,13-17H2,1H3,(H,25,26)/b12-9+. The van der Waals surface area contributed by atoms with Crippen LogP contribution in [0.4, 0.5) is 0 Å². The van der Waals surface area contributed by atoms with Crippen molar-refractivity contribution < 1.29 is 14.3 Å². The first kappa shape index (κ1) is 20.8. The molecule has 1 aliphatic heterocycles. The lowest BCUT2D eigenvalue weighted by atomic mass is 10.1. The number of hydrogen-bond acceptors (Lipinski definition) is 4. The van der Waals surface area contributed by atoms with E-state index in [4.69, 9.17) is 4.74 Å². The van der Waals surface area contributed by atoms with Gasteiger partial charge in [-0.05, 0) is 36.8 Å². The Kier molecular flexibility index (Phi) is 6.43. The van der Waals surface area contributed by atoms with Crippen molar-refractivity contribution in [2.45, 2.75) is 6.92 Å². The topological polar surface area (TPSA) is 78.5 Å². The minimum absolute atomic E-state index is 0.00858. The van der Waals surface area contributed by atoms with E-state index in [0.717, 1.165) is 22.2 Å². The van der Waals surface area contributed by atoms with Crippen molar-refractivity contribution in [2.24, 2.45) is 0 Å². The van der Waals surface area contributed by atoms with Crippen molar-refractivity contribution in [3.05, 3.63) is 65.4 Å². The summed E-state index contributed by atoms with van der Waals surface area (Å²) in [5.74, 6) is -0.0273. The molecule has 2 amide bonds. The van der Waals surface area contributed by atoms with Gasteiger partial charge in [0.25, 0.3) is 5.91 Å². The van der Waals surface area contributed by atoms with Gasteiger partial charge in [-0.25, -0.2) is 0 Å². The molecule has 1 aliphatic rings. The van der Waals surface area contributed by atoms with Gasteiger partial charge in [-0.3, -0.25) is 14.7 Å². The molecule has 2 heterocycles. The molecule has 0 unspecified atom stereocenters. The maximum atomic E-state index is 12.8. The Morgan fingerprint density at radius 2 is 1.71 bits per heavy atom. The fourth-order valence-corrected chi connectivity index (χ4v) is 3.65. The minimum atomic E-state index is -0.0187. The van der Waals surface area contributed by atoms with E-state index >= 15 is 0 Å². The molecule has 160 valence electrons. The Morgan fingerprint density at radius 1 is 1.00 bits per heavy atom. The Morgan fingerprint density at radius 3 is 2.45 bits per heavy atom. The number of aromatic nitrogens is 2. The molecule has 31 heavy (non-hydrogen) atoms. The predicted molar refractivity (Wildman–Crippen MR) is 120 cm³/mol. The molecule has 2 aromatic carbocycles. The quantitative estimate of drug-likeness (QED) is 0.667. The SMILES string of the molecule is CCOCC(=O)N1CCN(C(=O)c2ccc(/C=C/c3n[nH]c4ccccc34)cc2)CC1. The highest BCUT2D eigenvalue weighted by Crippen LogP contribution is 2.18. The van der Waals surface area contributed by atoms with E-state index in [1.54, 1.807) is 9.80 Å². The van der Waals surface area contributed by atoms with Gasteiger partial charge >= 0.3 is 0 Å². The third-order valence-electron chi connectivity index (χ3n) is 5.44. The van der Waals surface area contributed by atoms with Gasteiger partial charge in [-0.2, -0.15) is 5.10 Å². The van der Waals surface area contributed by atoms with E-state index in [1.165, 1.54) is 0 Å². The predicted octanol–water partition coefficient (Wildman–Crippen LogP) is 3.05. The highest BCUT2D eigenvalue weighted by Gasteiger charge is 2.24. The highest BCUT2D eigenvalue weighted by molar-refractivity contribution is 5.95. The number of ether oxygens (including phenoxy) is 1. The zero-order chi connectivity index (χ0) is 21.6. The second-order valence-corrected chi connectivity index (χ2v) is 7.42. The number of aromatic amines is 1. The zero-order valence-corrected chi connectivity index (χ0v) is 17.6. The number of rotatable bonds is 6. The number of piperazine rings is 1. The fourth-order valence-electron chi connectivity index (χ4n) is 3.65. The number of para-hydroxylation sites is 1. The number of nitrogens with one attached hydrogen (secondary N) is 1. The summed E-state index contributed by atoms with van der Waals surface area (Å²) in [6, 6.07) is 15.5. The summed E-state index contributed by atoms with van der Waals surface area (Å²) in [5, 5.41) is 8.44. The van der Waals surface area contributed by atoms with Gasteiger partial charge in [-0.15, -0.1) is 0 Å². The molecule has 1 saturated heterocycles. The van der Waals surface area contributed by atoms with Gasteiger partial charge in [-0.1, -0.05) is 36.4 Å². The van der Waals surface area contributed by atoms with Crippen LogP contribution in [0.2, 0.25) is 0 Å². The third-order valence-corrected chi connectivity index (χ3v) is 5.44. The summed E-state index contributed by atoms with van der Waals surface area (Å²) in [6.07, 6.45) is 3.95. The lowest BCUT2D eigenvalue weighted by Gasteiger charge is -2.34. The van der Waals surface area contributed by atoms with Crippen LogP contribution < -0.4 is 0 Å². The van der Waals surface area contributed by atoms with E-state index in [2.05, 4.69) is 10.2 Å². The van der Waals surface area contributed by atoms with Crippen LogP contribution in [0.1, 0.15) is 28.5 Å². The van der Waals surface area contributed by atoms with Gasteiger partial charge in [0.15, 0.2) is 0 Å². The summed E-state index contributed by atoms with van der Waals surface area (Å²) in [4.78, 5) is 28.4.